The van der Waals surface area contributed by atoms with Crippen LogP contribution in [0.25, 0.3) is 0 Å². The maximum Gasteiger partial charge on any atom is 0.481 e. The van der Waals surface area contributed by atoms with Gasteiger partial charge in [-0.1, -0.05) is 27.7 Å². The summed E-state index contributed by atoms with van der Waals surface area (Å²) in [5, 5.41) is 5.71. The molecule has 6 atom stereocenters. The van der Waals surface area contributed by atoms with E-state index in [4.69, 9.17) is 9.31 Å². The zero-order chi connectivity index (χ0) is 26.7. The van der Waals surface area contributed by atoms with E-state index in [-0.39, 0.29) is 47.1 Å². The topological polar surface area (TPSA) is 79.9 Å². The van der Waals surface area contributed by atoms with Crippen LogP contribution >= 0.6 is 0 Å². The minimum atomic E-state index is -0.710. The van der Waals surface area contributed by atoms with Crippen molar-refractivity contribution in [1.82, 2.24) is 10.6 Å². The summed E-state index contributed by atoms with van der Waals surface area (Å²) in [6.45, 7) is 11.2. The average Bonchev–Trinajstić information content (AvgIpc) is 3.15. The highest BCUT2D eigenvalue weighted by Gasteiger charge is 2.68. The molecule has 2 N–H and O–H groups in total. The lowest BCUT2D eigenvalue weighted by atomic mass is 9.43. The zero-order valence-corrected chi connectivity index (χ0v) is 22.4. The predicted molar refractivity (Wildman–Crippen MR) is 137 cm³/mol. The second-order valence-corrected chi connectivity index (χ2v) is 12.5. The summed E-state index contributed by atoms with van der Waals surface area (Å²) < 4.78 is 40.4. The summed E-state index contributed by atoms with van der Waals surface area (Å²) >= 11 is 0. The Labute approximate surface area is 218 Å². The Morgan fingerprint density at radius 2 is 1.97 bits per heavy atom. The van der Waals surface area contributed by atoms with Crippen LogP contribution in [0.5, 0.6) is 0 Å². The number of carbonyl (C=O) groups is 2. The molecule has 6 rings (SSSR count). The normalized spacial score (nSPS) is 32.3. The summed E-state index contributed by atoms with van der Waals surface area (Å²) in [4.78, 5) is 27.2. The first-order valence-electron chi connectivity index (χ1n) is 13.5. The number of nitrogens with one attached hydrogen (secondary N) is 2. The number of halogens is 2. The van der Waals surface area contributed by atoms with Crippen LogP contribution in [0.15, 0.2) is 18.2 Å². The quantitative estimate of drug-likeness (QED) is 0.517. The average molecular weight is 517 g/mol. The van der Waals surface area contributed by atoms with E-state index in [1.54, 1.807) is 4.90 Å². The van der Waals surface area contributed by atoms with Crippen LogP contribution in [-0.2, 0) is 18.9 Å². The number of anilines is 1. The second-order valence-electron chi connectivity index (χ2n) is 12.5. The van der Waals surface area contributed by atoms with Crippen LogP contribution in [0, 0.1) is 34.8 Å². The molecule has 2 saturated heterocycles. The molecule has 37 heavy (non-hydrogen) atoms. The lowest BCUT2D eigenvalue weighted by Gasteiger charge is -2.64. The van der Waals surface area contributed by atoms with Gasteiger partial charge < -0.3 is 24.8 Å². The standard InChI is InChI=1S/C27H38BF2N3O4/c1-15(2)10-23(28-36-22-12-16-11-21(26(16,3)4)27(22,5)37-28)32-24(34)14-31-25(35)20-8-9-33(20)19-7-6-17(29)13-18(19)30/h6-7,13,15-16,20-23H,8-12,14H2,1-5H3,(H,31,35)(H,32,34)/t16-,20?,21-,22?,23-,27-/m0/s1. The van der Waals surface area contributed by atoms with E-state index in [0.717, 1.165) is 18.9 Å². The van der Waals surface area contributed by atoms with Gasteiger partial charge in [0.25, 0.3) is 0 Å². The minimum Gasteiger partial charge on any atom is -0.404 e. The van der Waals surface area contributed by atoms with E-state index in [1.165, 1.54) is 12.1 Å². The number of hydrogen-bond donors (Lipinski definition) is 2. The van der Waals surface area contributed by atoms with Gasteiger partial charge in [0.1, 0.15) is 17.7 Å². The Morgan fingerprint density at radius 1 is 1.22 bits per heavy atom. The first kappa shape index (κ1) is 26.4. The predicted octanol–water partition coefficient (Wildman–Crippen LogP) is 3.46. The van der Waals surface area contributed by atoms with Gasteiger partial charge in [0.05, 0.1) is 29.9 Å². The van der Waals surface area contributed by atoms with Crippen LogP contribution < -0.4 is 15.5 Å². The number of carbonyl (C=O) groups excluding carboxylic acids is 2. The van der Waals surface area contributed by atoms with E-state index < -0.39 is 24.8 Å². The smallest absolute Gasteiger partial charge is 0.404 e. The van der Waals surface area contributed by atoms with Crippen molar-refractivity contribution in [3.05, 3.63) is 29.8 Å². The molecule has 2 aliphatic heterocycles. The summed E-state index contributed by atoms with van der Waals surface area (Å²) in [6.07, 6.45) is 3.37. The molecule has 2 unspecified atom stereocenters. The number of rotatable bonds is 8. The van der Waals surface area contributed by atoms with Gasteiger partial charge in [-0.05, 0) is 67.9 Å². The fourth-order valence-corrected chi connectivity index (χ4v) is 7.02. The van der Waals surface area contributed by atoms with Gasteiger partial charge in [-0.2, -0.15) is 0 Å². The molecule has 5 aliphatic rings. The van der Waals surface area contributed by atoms with Gasteiger partial charge in [0.15, 0.2) is 0 Å². The number of hydrogen-bond acceptors (Lipinski definition) is 5. The monoisotopic (exact) mass is 517 g/mol. The number of benzene rings is 1. The van der Waals surface area contributed by atoms with Crippen molar-refractivity contribution in [3.63, 3.8) is 0 Å². The fourth-order valence-electron chi connectivity index (χ4n) is 7.02. The summed E-state index contributed by atoms with van der Waals surface area (Å²) in [5.74, 6) is -1.02. The van der Waals surface area contributed by atoms with Crippen LogP contribution in [0.1, 0.15) is 60.3 Å². The number of nitrogens with zero attached hydrogens (tertiary/aromatic N) is 1. The van der Waals surface area contributed by atoms with Gasteiger partial charge >= 0.3 is 7.12 Å². The molecular weight excluding hydrogens is 479 g/mol. The molecular formula is C27H38BF2N3O4. The van der Waals surface area contributed by atoms with Gasteiger partial charge in [-0.25, -0.2) is 8.78 Å². The summed E-state index contributed by atoms with van der Waals surface area (Å²) in [6, 6.07) is 2.71. The Balaban J connectivity index is 1.17. The molecule has 2 bridgehead atoms. The number of amides is 2. The van der Waals surface area contributed by atoms with Crippen LogP contribution in [0.2, 0.25) is 0 Å². The fraction of sp³-hybridized carbons (Fsp3) is 0.704. The molecule has 2 amide bonds. The lowest BCUT2D eigenvalue weighted by molar-refractivity contribution is -0.199. The third-order valence-corrected chi connectivity index (χ3v) is 9.33. The molecule has 202 valence electrons. The van der Waals surface area contributed by atoms with Crippen molar-refractivity contribution in [2.24, 2.45) is 23.2 Å². The molecule has 7 nitrogen and oxygen atoms in total. The first-order chi connectivity index (χ1) is 17.4. The molecule has 1 aromatic rings. The molecule has 0 aromatic heterocycles. The van der Waals surface area contributed by atoms with E-state index in [9.17, 15) is 18.4 Å². The Kier molecular flexibility index (Phi) is 6.80. The SMILES string of the molecule is CC(C)C[C@H](NC(=O)CNC(=O)C1CCN1c1ccc(F)cc1F)B1OC2C[C@@H]3C[C@@H](C3(C)C)[C@]2(C)O1. The highest BCUT2D eigenvalue weighted by atomic mass is 19.1. The zero-order valence-electron chi connectivity index (χ0n) is 22.4. The van der Waals surface area contributed by atoms with Crippen molar-refractivity contribution in [1.29, 1.82) is 0 Å². The van der Waals surface area contributed by atoms with E-state index in [1.807, 2.05) is 0 Å². The van der Waals surface area contributed by atoms with Crippen molar-refractivity contribution >= 4 is 24.6 Å². The molecule has 10 heteroatoms. The van der Waals surface area contributed by atoms with Gasteiger partial charge in [-0.15, -0.1) is 0 Å². The Hall–Kier alpha value is -2.20. The molecule has 3 saturated carbocycles. The Bertz CT molecular complexity index is 1070. The molecule has 3 aliphatic carbocycles. The molecule has 0 radical (unpaired) electrons. The van der Waals surface area contributed by atoms with Gasteiger partial charge in [0, 0.05) is 12.6 Å². The molecule has 1 aromatic carbocycles. The summed E-state index contributed by atoms with van der Waals surface area (Å²) in [5.41, 5.74) is 0.0535. The van der Waals surface area contributed by atoms with Crippen molar-refractivity contribution < 1.29 is 27.7 Å². The highest BCUT2D eigenvalue weighted by Crippen LogP contribution is 2.65. The summed E-state index contributed by atoms with van der Waals surface area (Å²) in [7, 11) is -0.532. The van der Waals surface area contributed by atoms with Crippen molar-refractivity contribution in [2.75, 3.05) is 18.0 Å². The lowest BCUT2D eigenvalue weighted by Crippen LogP contribution is -2.65. The Morgan fingerprint density at radius 3 is 2.59 bits per heavy atom. The molecule has 0 spiro atoms. The van der Waals surface area contributed by atoms with E-state index in [2.05, 4.69) is 45.3 Å². The third kappa shape index (κ3) is 4.64. The van der Waals surface area contributed by atoms with Crippen LogP contribution in [-0.4, -0.2) is 55.7 Å². The minimum absolute atomic E-state index is 0.0250. The third-order valence-electron chi connectivity index (χ3n) is 9.33. The molecule has 2 heterocycles. The van der Waals surface area contributed by atoms with Crippen LogP contribution in [0.4, 0.5) is 14.5 Å². The molecule has 5 fully saturated rings. The van der Waals surface area contributed by atoms with Crippen molar-refractivity contribution in [3.8, 4) is 0 Å². The maximum atomic E-state index is 14.2. The highest BCUT2D eigenvalue weighted by molar-refractivity contribution is 6.47. The van der Waals surface area contributed by atoms with Gasteiger partial charge in [-0.3, -0.25) is 9.59 Å². The van der Waals surface area contributed by atoms with E-state index in [0.29, 0.717) is 37.1 Å². The van der Waals surface area contributed by atoms with Crippen LogP contribution in [0.3, 0.4) is 0 Å². The van der Waals surface area contributed by atoms with Gasteiger partial charge in [0.2, 0.25) is 11.8 Å². The largest absolute Gasteiger partial charge is 0.481 e. The second kappa shape index (κ2) is 9.52. The van der Waals surface area contributed by atoms with Crippen molar-refractivity contribution in [2.45, 2.75) is 84.0 Å². The first-order valence-corrected chi connectivity index (χ1v) is 13.5. The van der Waals surface area contributed by atoms with E-state index >= 15 is 0 Å². The maximum absolute atomic E-state index is 14.2.